The van der Waals surface area contributed by atoms with Gasteiger partial charge in [-0.3, -0.25) is 9.69 Å². The highest BCUT2D eigenvalue weighted by molar-refractivity contribution is 7.91. The molecule has 4 aliphatic rings. The zero-order valence-electron chi connectivity index (χ0n) is 22.5. The summed E-state index contributed by atoms with van der Waals surface area (Å²) in [7, 11) is -3.89. The van der Waals surface area contributed by atoms with Crippen molar-refractivity contribution >= 4 is 38.8 Å². The number of aromatic nitrogens is 1. The topological polar surface area (TPSA) is 118 Å². The summed E-state index contributed by atoms with van der Waals surface area (Å²) in [5, 5.41) is 5.07. The van der Waals surface area contributed by atoms with Crippen LogP contribution in [0.15, 0.2) is 41.5 Å². The number of morpholine rings is 1. The Morgan fingerprint density at radius 1 is 1.08 bits per heavy atom. The molecule has 1 aromatic carbocycles. The number of carbonyl (C=O) groups is 1. The largest absolute Gasteiger partial charge is 0.379 e. The first-order valence-corrected chi connectivity index (χ1v) is 15.7. The molecule has 6 rings (SSSR count). The lowest BCUT2D eigenvalue weighted by Crippen LogP contribution is -2.49. The van der Waals surface area contributed by atoms with Gasteiger partial charge in [0.2, 0.25) is 0 Å². The van der Waals surface area contributed by atoms with Gasteiger partial charge in [-0.25, -0.2) is 0 Å². The fraction of sp³-hybridized carbons (Fsp3) is 0.536. The van der Waals surface area contributed by atoms with Crippen molar-refractivity contribution in [3.63, 3.8) is 0 Å². The number of fused-ring (bicyclic) bond motifs is 1. The maximum Gasteiger partial charge on any atom is 0.332 e. The maximum absolute atomic E-state index is 14.0. The average molecular weight is 554 g/mol. The summed E-state index contributed by atoms with van der Waals surface area (Å²) in [6.45, 7) is 6.65. The van der Waals surface area contributed by atoms with Crippen LogP contribution in [0.5, 0.6) is 0 Å². The number of amides is 1. The molecular weight excluding hydrogens is 516 g/mol. The summed E-state index contributed by atoms with van der Waals surface area (Å²) in [6.07, 6.45) is 4.94. The summed E-state index contributed by atoms with van der Waals surface area (Å²) in [5.74, 6) is -0.387. The number of benzene rings is 1. The Morgan fingerprint density at radius 2 is 1.77 bits per heavy atom. The quantitative estimate of drug-likeness (QED) is 0.524. The Balaban J connectivity index is 1.50. The molecule has 2 aromatic rings. The molecule has 1 unspecified atom stereocenters. The third kappa shape index (κ3) is 4.35. The number of quaternary nitrogens is 1. The molecule has 4 heterocycles. The summed E-state index contributed by atoms with van der Waals surface area (Å²) >= 11 is 0. The van der Waals surface area contributed by atoms with Crippen LogP contribution in [0.2, 0.25) is 0 Å². The molecule has 11 heteroatoms. The Kier molecular flexibility index (Phi) is 6.95. The van der Waals surface area contributed by atoms with Crippen molar-refractivity contribution < 1.29 is 17.9 Å². The highest BCUT2D eigenvalue weighted by atomic mass is 32.2. The third-order valence-electron chi connectivity index (χ3n) is 8.76. The van der Waals surface area contributed by atoms with E-state index in [2.05, 4.69) is 14.8 Å². The van der Waals surface area contributed by atoms with Crippen molar-refractivity contribution in [1.29, 1.82) is 0 Å². The number of hydrogen-bond acceptors (Lipinski definition) is 8. The second-order valence-corrected chi connectivity index (χ2v) is 13.1. The van der Waals surface area contributed by atoms with E-state index in [-0.39, 0.29) is 23.2 Å². The molecule has 1 atom stereocenters. The van der Waals surface area contributed by atoms with Gasteiger partial charge in [-0.1, -0.05) is 29.7 Å². The zero-order chi connectivity index (χ0) is 27.2. The number of nitrogens with zero attached hydrogens (tertiary/aromatic N) is 5. The average Bonchev–Trinajstić information content (AvgIpc) is 3.29. The zero-order valence-corrected chi connectivity index (χ0v) is 23.3. The number of ether oxygens (including phenoxy) is 1. The van der Waals surface area contributed by atoms with Crippen LogP contribution < -0.4 is 14.6 Å². The molecule has 208 valence electrons. The molecule has 1 amide bonds. The van der Waals surface area contributed by atoms with Gasteiger partial charge in [-0.2, -0.15) is 13.4 Å². The van der Waals surface area contributed by atoms with Crippen molar-refractivity contribution in [1.82, 2.24) is 13.9 Å². The Hall–Kier alpha value is -2.86. The number of hydrogen-bond donors (Lipinski definition) is 1. The Morgan fingerprint density at radius 3 is 2.36 bits per heavy atom. The highest BCUT2D eigenvalue weighted by Gasteiger charge is 2.57. The predicted molar refractivity (Wildman–Crippen MR) is 152 cm³/mol. The van der Waals surface area contributed by atoms with Gasteiger partial charge < -0.3 is 15.4 Å². The van der Waals surface area contributed by atoms with E-state index in [1.54, 1.807) is 25.1 Å². The normalized spacial score (nSPS) is 24.7. The van der Waals surface area contributed by atoms with Crippen LogP contribution in [-0.4, -0.2) is 81.1 Å². The second kappa shape index (κ2) is 10.3. The monoisotopic (exact) mass is 553 g/mol. The first-order chi connectivity index (χ1) is 18.9. The Bertz CT molecular complexity index is 1380. The highest BCUT2D eigenvalue weighted by Crippen LogP contribution is 2.51. The van der Waals surface area contributed by atoms with E-state index < -0.39 is 19.9 Å². The van der Waals surface area contributed by atoms with Gasteiger partial charge in [0.25, 0.3) is 11.7 Å². The van der Waals surface area contributed by atoms with Gasteiger partial charge in [0, 0.05) is 50.3 Å². The summed E-state index contributed by atoms with van der Waals surface area (Å²) in [4.78, 5) is 22.1. The summed E-state index contributed by atoms with van der Waals surface area (Å²) < 4.78 is 32.8. The number of anilines is 1. The minimum Gasteiger partial charge on any atom is -0.379 e. The molecule has 2 N–H and O–H groups in total. The maximum atomic E-state index is 14.0. The van der Waals surface area contributed by atoms with Crippen LogP contribution in [0, 0.1) is 5.92 Å². The SMILES string of the molecule is CCS(=O)(=O)[N+]1(c2ccccc2)N=C(C2CCC2)c2c(N3CCC(N4CCOCC4)CC3)cc(C(N)=O)nc21. The minimum absolute atomic E-state index is 0.0637. The predicted octanol–water partition coefficient (Wildman–Crippen LogP) is 2.99. The van der Waals surface area contributed by atoms with Gasteiger partial charge >= 0.3 is 10.0 Å². The smallest absolute Gasteiger partial charge is 0.332 e. The third-order valence-corrected chi connectivity index (χ3v) is 10.8. The number of primary amides is 1. The summed E-state index contributed by atoms with van der Waals surface area (Å²) in [5.41, 5.74) is 8.71. The molecule has 0 radical (unpaired) electrons. The molecule has 3 fully saturated rings. The lowest BCUT2D eigenvalue weighted by molar-refractivity contribution is 0.0115. The molecule has 2 saturated heterocycles. The number of rotatable bonds is 7. The molecular formula is C28H37N6O4S+. The molecule has 39 heavy (non-hydrogen) atoms. The van der Waals surface area contributed by atoms with E-state index >= 15 is 0 Å². The van der Waals surface area contributed by atoms with Crippen molar-refractivity contribution in [3.05, 3.63) is 47.7 Å². The van der Waals surface area contributed by atoms with Crippen LogP contribution in [0.3, 0.4) is 0 Å². The van der Waals surface area contributed by atoms with Crippen molar-refractivity contribution in [2.45, 2.75) is 45.1 Å². The number of pyridine rings is 1. The van der Waals surface area contributed by atoms with Crippen LogP contribution >= 0.6 is 0 Å². The van der Waals surface area contributed by atoms with E-state index in [1.807, 2.05) is 18.2 Å². The first kappa shape index (κ1) is 26.4. The van der Waals surface area contributed by atoms with Crippen molar-refractivity contribution in [2.75, 3.05) is 50.0 Å². The van der Waals surface area contributed by atoms with E-state index in [0.29, 0.717) is 11.7 Å². The minimum atomic E-state index is -3.89. The lowest BCUT2D eigenvalue weighted by Gasteiger charge is -2.41. The molecule has 1 aliphatic carbocycles. The molecule has 3 aliphatic heterocycles. The first-order valence-electron chi connectivity index (χ1n) is 14.1. The van der Waals surface area contributed by atoms with E-state index in [1.165, 1.54) is 0 Å². The fourth-order valence-corrected chi connectivity index (χ4v) is 7.77. The second-order valence-electron chi connectivity index (χ2n) is 10.9. The van der Waals surface area contributed by atoms with Gasteiger partial charge in [0.15, 0.2) is 5.69 Å². The molecule has 10 nitrogen and oxygen atoms in total. The standard InChI is InChI=1S/C28H36N6O4S/c1-2-39(36,37)34(22-9-4-3-5-10-22)28-25(26(31-34)20-7-6-8-20)24(19-23(30-28)27(29)35)33-13-11-21(12-14-33)32-15-17-38-18-16-32/h3-5,9-10,19-21H,2,6-8,11-18H2,1H3,(H-,29,35)/p+1. The van der Waals surface area contributed by atoms with Gasteiger partial charge in [0.05, 0.1) is 18.9 Å². The molecule has 0 spiro atoms. The number of para-hydroxylation sites is 1. The number of nitrogens with two attached hydrogens (primary N) is 1. The van der Waals surface area contributed by atoms with Crippen LogP contribution in [0.25, 0.3) is 0 Å². The van der Waals surface area contributed by atoms with Gasteiger partial charge in [0.1, 0.15) is 22.7 Å². The van der Waals surface area contributed by atoms with Gasteiger partial charge in [-0.05, 0) is 42.7 Å². The lowest BCUT2D eigenvalue weighted by atomic mass is 9.79. The number of carbonyl (C=O) groups excluding carboxylic acids is 1. The van der Waals surface area contributed by atoms with Gasteiger partial charge in [-0.15, -0.1) is 0 Å². The Labute approximate surface area is 230 Å². The van der Waals surface area contributed by atoms with Crippen LogP contribution in [0.1, 0.15) is 55.1 Å². The van der Waals surface area contributed by atoms with Crippen molar-refractivity contribution in [3.8, 4) is 0 Å². The fourth-order valence-electron chi connectivity index (χ4n) is 6.34. The molecule has 1 saturated carbocycles. The molecule has 1 aromatic heterocycles. The van der Waals surface area contributed by atoms with Crippen molar-refractivity contribution in [2.24, 2.45) is 16.8 Å². The summed E-state index contributed by atoms with van der Waals surface area (Å²) in [6, 6.07) is 11.3. The molecule has 0 bridgehead atoms. The number of piperidine rings is 1. The van der Waals surface area contributed by atoms with E-state index in [4.69, 9.17) is 15.6 Å². The van der Waals surface area contributed by atoms with E-state index in [0.717, 1.165) is 88.5 Å². The van der Waals surface area contributed by atoms with Crippen LogP contribution in [0.4, 0.5) is 17.2 Å². The number of sulfonamides is 1. The van der Waals surface area contributed by atoms with Crippen LogP contribution in [-0.2, 0) is 14.8 Å². The van der Waals surface area contributed by atoms with E-state index in [9.17, 15) is 13.2 Å².